The summed E-state index contributed by atoms with van der Waals surface area (Å²) in [6, 6.07) is 0. The summed E-state index contributed by atoms with van der Waals surface area (Å²) in [7, 11) is 0. The van der Waals surface area contributed by atoms with E-state index in [1.54, 1.807) is 0 Å². The quantitative estimate of drug-likeness (QED) is 0.923. The summed E-state index contributed by atoms with van der Waals surface area (Å²) < 4.78 is 18.0. The Hall–Kier alpha value is -1.92. The summed E-state index contributed by atoms with van der Waals surface area (Å²) in [5.74, 6) is 0.392. The Morgan fingerprint density at radius 3 is 2.76 bits per heavy atom. The maximum absolute atomic E-state index is 12.8. The van der Waals surface area contributed by atoms with E-state index < -0.39 is 17.5 Å². The van der Waals surface area contributed by atoms with E-state index in [1.807, 2.05) is 25.7 Å². The fourth-order valence-corrected chi connectivity index (χ4v) is 2.19. The Bertz CT molecular complexity index is 487. The second-order valence-corrected chi connectivity index (χ2v) is 6.18. The first-order valence-corrected chi connectivity index (χ1v) is 7.03. The number of carbonyl (C=O) groups is 1. The minimum atomic E-state index is -0.492. The molecular weight excluding hydrogens is 275 g/mol. The molecule has 2 rings (SSSR count). The standard InChI is InChI=1S/C14H21FN4O2/c1-14(2,3)21-13(20)18-6-10-4-5-19(9-10)12-16-7-11(15)8-17-12/h7-8,10H,4-6,9H2,1-3H3,(H,18,20). The third kappa shape index (κ3) is 4.84. The van der Waals surface area contributed by atoms with E-state index in [0.29, 0.717) is 18.4 Å². The highest BCUT2D eigenvalue weighted by molar-refractivity contribution is 5.67. The van der Waals surface area contributed by atoms with Crippen molar-refractivity contribution < 1.29 is 13.9 Å². The number of halogens is 1. The molecule has 21 heavy (non-hydrogen) atoms. The van der Waals surface area contributed by atoms with Gasteiger partial charge in [-0.2, -0.15) is 0 Å². The third-order valence-electron chi connectivity index (χ3n) is 3.11. The van der Waals surface area contributed by atoms with Gasteiger partial charge in [-0.15, -0.1) is 0 Å². The van der Waals surface area contributed by atoms with Gasteiger partial charge in [0.15, 0.2) is 5.82 Å². The van der Waals surface area contributed by atoms with Crippen LogP contribution in [0.1, 0.15) is 27.2 Å². The van der Waals surface area contributed by atoms with Crippen molar-refractivity contribution in [2.75, 3.05) is 24.5 Å². The number of rotatable bonds is 3. The van der Waals surface area contributed by atoms with E-state index in [4.69, 9.17) is 4.74 Å². The van der Waals surface area contributed by atoms with Crippen LogP contribution in [-0.2, 0) is 4.74 Å². The number of hydrogen-bond donors (Lipinski definition) is 1. The van der Waals surface area contributed by atoms with E-state index in [1.165, 1.54) is 0 Å². The highest BCUT2D eigenvalue weighted by atomic mass is 19.1. The van der Waals surface area contributed by atoms with Crippen LogP contribution in [0.2, 0.25) is 0 Å². The highest BCUT2D eigenvalue weighted by Crippen LogP contribution is 2.20. The van der Waals surface area contributed by atoms with Crippen LogP contribution in [0.25, 0.3) is 0 Å². The van der Waals surface area contributed by atoms with Gasteiger partial charge in [0.1, 0.15) is 5.60 Å². The topological polar surface area (TPSA) is 67.3 Å². The molecule has 7 heteroatoms. The molecule has 1 aromatic rings. The Labute approximate surface area is 123 Å². The van der Waals surface area contributed by atoms with Gasteiger partial charge in [-0.1, -0.05) is 0 Å². The smallest absolute Gasteiger partial charge is 0.407 e. The number of carbonyl (C=O) groups excluding carboxylic acids is 1. The number of anilines is 1. The maximum Gasteiger partial charge on any atom is 0.407 e. The zero-order valence-electron chi connectivity index (χ0n) is 12.6. The first kappa shape index (κ1) is 15.5. The molecule has 2 heterocycles. The van der Waals surface area contributed by atoms with Gasteiger partial charge in [-0.05, 0) is 33.1 Å². The summed E-state index contributed by atoms with van der Waals surface area (Å²) in [4.78, 5) is 21.5. The number of alkyl carbamates (subject to hydrolysis) is 1. The summed E-state index contributed by atoms with van der Waals surface area (Å²) in [5.41, 5.74) is -0.492. The average Bonchev–Trinajstić information content (AvgIpc) is 2.84. The molecule has 6 nitrogen and oxygen atoms in total. The van der Waals surface area contributed by atoms with Crippen molar-refractivity contribution in [3.8, 4) is 0 Å². The Morgan fingerprint density at radius 1 is 1.48 bits per heavy atom. The summed E-state index contributed by atoms with van der Waals surface area (Å²) in [6.45, 7) is 7.57. The van der Waals surface area contributed by atoms with Crippen LogP contribution in [0.3, 0.4) is 0 Å². The average molecular weight is 296 g/mol. The van der Waals surface area contributed by atoms with Crippen molar-refractivity contribution in [1.82, 2.24) is 15.3 Å². The van der Waals surface area contributed by atoms with E-state index in [2.05, 4.69) is 15.3 Å². The number of hydrogen-bond acceptors (Lipinski definition) is 5. The van der Waals surface area contributed by atoms with Crippen LogP contribution in [0.4, 0.5) is 15.1 Å². The minimum absolute atomic E-state index is 0.311. The van der Waals surface area contributed by atoms with E-state index in [0.717, 1.165) is 31.9 Å². The molecule has 116 valence electrons. The van der Waals surface area contributed by atoms with Crippen LogP contribution >= 0.6 is 0 Å². The van der Waals surface area contributed by atoms with Gasteiger partial charge >= 0.3 is 6.09 Å². The van der Waals surface area contributed by atoms with Gasteiger partial charge in [0.2, 0.25) is 5.95 Å². The first-order chi connectivity index (χ1) is 9.83. The SMILES string of the molecule is CC(C)(C)OC(=O)NCC1CCN(c2ncc(F)cn2)C1. The predicted molar refractivity (Wildman–Crippen MR) is 76.5 cm³/mol. The van der Waals surface area contributed by atoms with Crippen molar-refractivity contribution in [1.29, 1.82) is 0 Å². The largest absolute Gasteiger partial charge is 0.444 e. The molecule has 0 bridgehead atoms. The lowest BCUT2D eigenvalue weighted by atomic mass is 10.1. The van der Waals surface area contributed by atoms with E-state index in [9.17, 15) is 9.18 Å². The van der Waals surface area contributed by atoms with Crippen molar-refractivity contribution in [2.45, 2.75) is 32.8 Å². The Kier molecular flexibility index (Phi) is 4.59. The lowest BCUT2D eigenvalue weighted by Gasteiger charge is -2.21. The van der Waals surface area contributed by atoms with Gasteiger partial charge in [-0.25, -0.2) is 19.2 Å². The molecule has 1 aliphatic rings. The molecule has 0 saturated carbocycles. The number of aromatic nitrogens is 2. The van der Waals surface area contributed by atoms with Crippen molar-refractivity contribution >= 4 is 12.0 Å². The normalized spacial score (nSPS) is 18.7. The molecule has 1 N–H and O–H groups in total. The fourth-order valence-electron chi connectivity index (χ4n) is 2.19. The van der Waals surface area contributed by atoms with Crippen LogP contribution in [-0.4, -0.2) is 41.3 Å². The number of nitrogens with zero attached hydrogens (tertiary/aromatic N) is 3. The van der Waals surface area contributed by atoms with Crippen molar-refractivity contribution in [2.24, 2.45) is 5.92 Å². The molecule has 1 aromatic heterocycles. The maximum atomic E-state index is 12.8. The lowest BCUT2D eigenvalue weighted by Crippen LogP contribution is -2.36. The Morgan fingerprint density at radius 2 is 2.14 bits per heavy atom. The third-order valence-corrected chi connectivity index (χ3v) is 3.11. The molecule has 1 aliphatic heterocycles. The van der Waals surface area contributed by atoms with Crippen LogP contribution in [0.5, 0.6) is 0 Å². The van der Waals surface area contributed by atoms with Crippen LogP contribution in [0.15, 0.2) is 12.4 Å². The second-order valence-electron chi connectivity index (χ2n) is 6.18. The van der Waals surface area contributed by atoms with Crippen LogP contribution in [0, 0.1) is 11.7 Å². The van der Waals surface area contributed by atoms with Gasteiger partial charge in [0, 0.05) is 19.6 Å². The van der Waals surface area contributed by atoms with Crippen molar-refractivity contribution in [3.05, 3.63) is 18.2 Å². The molecule has 1 unspecified atom stereocenters. The molecule has 1 atom stereocenters. The number of ether oxygens (including phenoxy) is 1. The minimum Gasteiger partial charge on any atom is -0.444 e. The van der Waals surface area contributed by atoms with Gasteiger partial charge in [0.05, 0.1) is 12.4 Å². The number of amides is 1. The second kappa shape index (κ2) is 6.24. The summed E-state index contributed by atoms with van der Waals surface area (Å²) in [6.07, 6.45) is 2.85. The van der Waals surface area contributed by atoms with E-state index in [-0.39, 0.29) is 0 Å². The number of nitrogens with one attached hydrogen (secondary N) is 1. The molecule has 1 fully saturated rings. The van der Waals surface area contributed by atoms with Gasteiger partial charge in [-0.3, -0.25) is 0 Å². The summed E-state index contributed by atoms with van der Waals surface area (Å²) >= 11 is 0. The van der Waals surface area contributed by atoms with Crippen LogP contribution < -0.4 is 10.2 Å². The molecule has 0 radical (unpaired) electrons. The van der Waals surface area contributed by atoms with Gasteiger partial charge < -0.3 is 15.0 Å². The van der Waals surface area contributed by atoms with Gasteiger partial charge in [0.25, 0.3) is 0 Å². The zero-order valence-corrected chi connectivity index (χ0v) is 12.6. The first-order valence-electron chi connectivity index (χ1n) is 7.03. The van der Waals surface area contributed by atoms with Crippen molar-refractivity contribution in [3.63, 3.8) is 0 Å². The molecular formula is C14H21FN4O2. The molecule has 1 saturated heterocycles. The zero-order chi connectivity index (χ0) is 15.5. The molecule has 0 spiro atoms. The van der Waals surface area contributed by atoms with E-state index >= 15 is 0 Å². The highest BCUT2D eigenvalue weighted by Gasteiger charge is 2.25. The molecule has 1 amide bonds. The fraction of sp³-hybridized carbons (Fsp3) is 0.643. The monoisotopic (exact) mass is 296 g/mol. The predicted octanol–water partition coefficient (Wildman–Crippen LogP) is 1.97. The summed E-state index contributed by atoms with van der Waals surface area (Å²) in [5, 5.41) is 2.77. The Balaban J connectivity index is 1.78. The molecule has 0 aliphatic carbocycles. The molecule has 0 aromatic carbocycles. The lowest BCUT2D eigenvalue weighted by molar-refractivity contribution is 0.0520.